The van der Waals surface area contributed by atoms with E-state index in [0.29, 0.717) is 28.8 Å². The number of methoxy groups -OCH3 is 1. The predicted octanol–water partition coefficient (Wildman–Crippen LogP) is 4.70. The van der Waals surface area contributed by atoms with E-state index in [4.69, 9.17) is 9.26 Å². The van der Waals surface area contributed by atoms with Gasteiger partial charge in [0.05, 0.1) is 23.5 Å². The Morgan fingerprint density at radius 3 is 2.77 bits per heavy atom. The highest BCUT2D eigenvalue weighted by Crippen LogP contribution is 2.40. The Balaban J connectivity index is 1.57. The number of benzene rings is 1. The highest BCUT2D eigenvalue weighted by molar-refractivity contribution is 5.97. The Labute approximate surface area is 199 Å². The van der Waals surface area contributed by atoms with E-state index in [2.05, 4.69) is 30.7 Å². The third-order valence-corrected chi connectivity index (χ3v) is 6.39. The number of rotatable bonds is 5. The molecule has 0 spiro atoms. The molecule has 0 radical (unpaired) electrons. The lowest BCUT2D eigenvalue weighted by Gasteiger charge is -2.31. The average Bonchev–Trinajstić information content (AvgIpc) is 3.40. The second-order valence-electron chi connectivity index (χ2n) is 8.63. The van der Waals surface area contributed by atoms with Crippen molar-refractivity contribution in [1.82, 2.24) is 25.4 Å². The number of fused-ring (bicyclic) bond motifs is 1. The van der Waals surface area contributed by atoms with Gasteiger partial charge in [0.25, 0.3) is 0 Å². The first-order valence-electron chi connectivity index (χ1n) is 11.2. The van der Waals surface area contributed by atoms with Crippen molar-refractivity contribution in [3.05, 3.63) is 47.6 Å². The molecule has 4 heterocycles. The first-order valence-corrected chi connectivity index (χ1v) is 11.2. The van der Waals surface area contributed by atoms with Gasteiger partial charge in [0.1, 0.15) is 11.3 Å². The zero-order valence-corrected chi connectivity index (χ0v) is 19.5. The van der Waals surface area contributed by atoms with E-state index in [-0.39, 0.29) is 23.8 Å². The van der Waals surface area contributed by atoms with Gasteiger partial charge in [-0.25, -0.2) is 9.97 Å². The number of H-pyrrole nitrogens is 1. The average molecular weight is 486 g/mol. The van der Waals surface area contributed by atoms with Crippen LogP contribution >= 0.6 is 0 Å². The van der Waals surface area contributed by atoms with Crippen LogP contribution in [0.4, 0.5) is 19.1 Å². The van der Waals surface area contributed by atoms with Gasteiger partial charge in [-0.15, -0.1) is 0 Å². The number of halogens is 3. The van der Waals surface area contributed by atoms with Gasteiger partial charge in [-0.2, -0.15) is 13.2 Å². The number of anilines is 1. The van der Waals surface area contributed by atoms with Crippen molar-refractivity contribution in [2.24, 2.45) is 0 Å². The lowest BCUT2D eigenvalue weighted by Crippen LogP contribution is -2.49. The maximum Gasteiger partial charge on any atom is 0.419 e. The molecule has 2 atom stereocenters. The van der Waals surface area contributed by atoms with Crippen LogP contribution in [0.15, 0.2) is 35.1 Å². The third kappa shape index (κ3) is 4.37. The van der Waals surface area contributed by atoms with Crippen LogP contribution in [0.3, 0.4) is 0 Å². The van der Waals surface area contributed by atoms with E-state index in [0.717, 1.165) is 36.0 Å². The highest BCUT2D eigenvalue weighted by Gasteiger charge is 2.36. The van der Waals surface area contributed by atoms with Crippen LogP contribution in [0.1, 0.15) is 23.4 Å². The lowest BCUT2D eigenvalue weighted by atomic mass is 10.0. The zero-order chi connectivity index (χ0) is 24.7. The van der Waals surface area contributed by atoms with E-state index in [9.17, 15) is 13.2 Å². The summed E-state index contributed by atoms with van der Waals surface area (Å²) >= 11 is 0. The number of nitrogens with zero attached hydrogens (tertiary/aromatic N) is 3. The van der Waals surface area contributed by atoms with Crippen molar-refractivity contribution < 1.29 is 22.4 Å². The maximum absolute atomic E-state index is 13.9. The van der Waals surface area contributed by atoms with E-state index < -0.39 is 11.7 Å². The molecule has 11 heteroatoms. The quantitative estimate of drug-likeness (QED) is 0.376. The van der Waals surface area contributed by atoms with Crippen molar-refractivity contribution in [3.63, 3.8) is 0 Å². The largest absolute Gasteiger partial charge is 0.419 e. The molecule has 184 valence electrons. The number of hydrogen-bond acceptors (Lipinski definition) is 7. The Bertz CT molecular complexity index is 1340. The van der Waals surface area contributed by atoms with Crippen LogP contribution in [0.2, 0.25) is 0 Å². The molecule has 4 aromatic rings. The normalized spacial score (nSPS) is 18.8. The minimum atomic E-state index is -4.62. The van der Waals surface area contributed by atoms with Crippen LogP contribution in [-0.4, -0.2) is 52.5 Å². The Morgan fingerprint density at radius 1 is 1.23 bits per heavy atom. The van der Waals surface area contributed by atoms with Crippen molar-refractivity contribution in [1.29, 1.82) is 0 Å². The Hall–Kier alpha value is -3.44. The molecule has 0 saturated carbocycles. The first-order chi connectivity index (χ1) is 16.8. The summed E-state index contributed by atoms with van der Waals surface area (Å²) in [5, 5.41) is 11.0. The fourth-order valence-electron chi connectivity index (χ4n) is 4.66. The van der Waals surface area contributed by atoms with E-state index >= 15 is 0 Å². The SMILES string of the molecule is CO[C@@H]1CCNC[C@H]1Nc1ncc(C(F)(F)F)c(-c2c[nH]c3cc(-c4c(C)noc4C)ccc23)n1. The first kappa shape index (κ1) is 23.3. The summed E-state index contributed by atoms with van der Waals surface area (Å²) in [6, 6.07) is 5.33. The molecule has 0 aliphatic carbocycles. The third-order valence-electron chi connectivity index (χ3n) is 6.39. The summed E-state index contributed by atoms with van der Waals surface area (Å²) in [4.78, 5) is 11.4. The van der Waals surface area contributed by atoms with E-state index in [1.54, 1.807) is 19.4 Å². The van der Waals surface area contributed by atoms with Crippen LogP contribution in [0.5, 0.6) is 0 Å². The Morgan fingerprint density at radius 2 is 2.06 bits per heavy atom. The van der Waals surface area contributed by atoms with Gasteiger partial charge in [-0.05, 0) is 38.4 Å². The Kier molecular flexibility index (Phi) is 5.97. The van der Waals surface area contributed by atoms with Gasteiger partial charge in [-0.3, -0.25) is 0 Å². The molecule has 3 aromatic heterocycles. The van der Waals surface area contributed by atoms with Crippen molar-refractivity contribution in [2.45, 2.75) is 38.6 Å². The molecule has 1 fully saturated rings. The van der Waals surface area contributed by atoms with Gasteiger partial charge in [0.15, 0.2) is 0 Å². The molecule has 1 aromatic carbocycles. The molecule has 8 nitrogen and oxygen atoms in total. The maximum atomic E-state index is 13.9. The molecule has 35 heavy (non-hydrogen) atoms. The number of alkyl halides is 3. The smallest absolute Gasteiger partial charge is 0.379 e. The molecule has 0 unspecified atom stereocenters. The van der Waals surface area contributed by atoms with Gasteiger partial charge < -0.3 is 24.9 Å². The molecule has 5 rings (SSSR count). The summed E-state index contributed by atoms with van der Waals surface area (Å²) in [6.45, 7) is 5.06. The summed E-state index contributed by atoms with van der Waals surface area (Å²) in [5.74, 6) is 0.788. The summed E-state index contributed by atoms with van der Waals surface area (Å²) in [7, 11) is 1.62. The number of hydrogen-bond donors (Lipinski definition) is 3. The van der Waals surface area contributed by atoms with Crippen molar-refractivity contribution >= 4 is 16.9 Å². The number of aromatic nitrogens is 4. The van der Waals surface area contributed by atoms with Gasteiger partial charge in [0.2, 0.25) is 5.95 Å². The van der Waals surface area contributed by atoms with E-state index in [1.165, 1.54) is 0 Å². The number of aryl methyl sites for hydroxylation is 2. The fourth-order valence-corrected chi connectivity index (χ4v) is 4.66. The van der Waals surface area contributed by atoms with Gasteiger partial charge in [0, 0.05) is 48.1 Å². The number of piperidine rings is 1. The summed E-state index contributed by atoms with van der Waals surface area (Å²) in [6.07, 6.45) is -1.56. The van der Waals surface area contributed by atoms with Crippen molar-refractivity contribution in [3.8, 4) is 22.4 Å². The molecular weight excluding hydrogens is 461 g/mol. The number of ether oxygens (including phenoxy) is 1. The molecule has 1 aliphatic rings. The minimum absolute atomic E-state index is 0.0959. The molecule has 0 bridgehead atoms. The van der Waals surface area contributed by atoms with Gasteiger partial charge in [-0.1, -0.05) is 17.3 Å². The predicted molar refractivity (Wildman–Crippen MR) is 125 cm³/mol. The highest BCUT2D eigenvalue weighted by atomic mass is 19.4. The van der Waals surface area contributed by atoms with Crippen LogP contribution in [0.25, 0.3) is 33.3 Å². The molecule has 1 saturated heterocycles. The summed E-state index contributed by atoms with van der Waals surface area (Å²) < 4.78 is 52.6. The number of nitrogens with one attached hydrogen (secondary N) is 3. The van der Waals surface area contributed by atoms with Gasteiger partial charge >= 0.3 is 6.18 Å². The molecule has 3 N–H and O–H groups in total. The fraction of sp³-hybridized carbons (Fsp3) is 0.375. The second kappa shape index (κ2) is 8.97. The number of aromatic amines is 1. The van der Waals surface area contributed by atoms with Crippen molar-refractivity contribution in [2.75, 3.05) is 25.5 Å². The summed E-state index contributed by atoms with van der Waals surface area (Å²) in [5.41, 5.74) is 2.39. The topological polar surface area (TPSA) is 101 Å². The monoisotopic (exact) mass is 486 g/mol. The molecule has 0 amide bonds. The van der Waals surface area contributed by atoms with Crippen LogP contribution in [-0.2, 0) is 10.9 Å². The molecular formula is C24H25F3N6O2. The van der Waals surface area contributed by atoms with Crippen LogP contribution in [0, 0.1) is 13.8 Å². The second-order valence-corrected chi connectivity index (χ2v) is 8.63. The van der Waals surface area contributed by atoms with Crippen LogP contribution < -0.4 is 10.6 Å². The minimum Gasteiger partial charge on any atom is -0.379 e. The molecule has 1 aliphatic heterocycles. The zero-order valence-electron chi connectivity index (χ0n) is 19.5. The lowest BCUT2D eigenvalue weighted by molar-refractivity contribution is -0.137. The van der Waals surface area contributed by atoms with E-state index in [1.807, 2.05) is 26.0 Å². The standard InChI is InChI=1S/C24H25F3N6O2/c1-12-21(13(2)35-33-12)14-4-5-15-16(9-29-18(15)8-14)22-17(24(25,26)27)10-30-23(32-22)31-19-11-28-7-6-20(19)34-3/h4-5,8-10,19-20,28-29H,6-7,11H2,1-3H3,(H,30,31,32)/t19-,20-/m1/s1.